The van der Waals surface area contributed by atoms with Crippen molar-refractivity contribution in [1.82, 2.24) is 10.3 Å². The molecule has 0 saturated heterocycles. The summed E-state index contributed by atoms with van der Waals surface area (Å²) in [6, 6.07) is 5.86. The van der Waals surface area contributed by atoms with Crippen molar-refractivity contribution in [3.8, 4) is 22.1 Å². The second-order valence-corrected chi connectivity index (χ2v) is 5.43. The van der Waals surface area contributed by atoms with Gasteiger partial charge in [0.05, 0.1) is 25.5 Å². The molecule has 5 heteroatoms. The number of hydrogen-bond acceptors (Lipinski definition) is 5. The molecule has 0 aliphatic rings. The van der Waals surface area contributed by atoms with Crippen LogP contribution in [0.15, 0.2) is 18.2 Å². The maximum absolute atomic E-state index is 5.48. The number of rotatable bonds is 6. The Labute approximate surface area is 123 Å². The monoisotopic (exact) mass is 292 g/mol. The van der Waals surface area contributed by atoms with Gasteiger partial charge in [-0.15, -0.1) is 11.3 Å². The van der Waals surface area contributed by atoms with Crippen molar-refractivity contribution in [3.05, 3.63) is 28.8 Å². The molecule has 0 radical (unpaired) electrons. The highest BCUT2D eigenvalue weighted by Gasteiger charge is 2.16. The first-order valence-corrected chi connectivity index (χ1v) is 7.41. The van der Waals surface area contributed by atoms with Crippen molar-refractivity contribution >= 4 is 11.3 Å². The highest BCUT2D eigenvalue weighted by atomic mass is 32.1. The number of para-hydroxylation sites is 1. The molecule has 0 spiro atoms. The maximum Gasteiger partial charge on any atom is 0.170 e. The molecule has 0 aliphatic heterocycles. The average Bonchev–Trinajstić information content (AvgIpc) is 2.85. The van der Waals surface area contributed by atoms with Gasteiger partial charge in [0.25, 0.3) is 0 Å². The highest BCUT2D eigenvalue weighted by molar-refractivity contribution is 7.15. The molecule has 108 valence electrons. The number of methoxy groups -OCH3 is 2. The van der Waals surface area contributed by atoms with Gasteiger partial charge < -0.3 is 14.8 Å². The predicted octanol–water partition coefficient (Wildman–Crippen LogP) is 3.25. The van der Waals surface area contributed by atoms with Gasteiger partial charge in [-0.2, -0.15) is 0 Å². The molecular formula is C15H20N2O2S. The number of thiazole rings is 1. The van der Waals surface area contributed by atoms with E-state index in [2.05, 4.69) is 17.2 Å². The SMILES string of the molecule is CCNCc1sc(-c2cccc(OC)c2OC)nc1C. The van der Waals surface area contributed by atoms with Crippen molar-refractivity contribution in [2.45, 2.75) is 20.4 Å². The zero-order chi connectivity index (χ0) is 14.5. The number of benzene rings is 1. The maximum atomic E-state index is 5.48. The smallest absolute Gasteiger partial charge is 0.170 e. The van der Waals surface area contributed by atoms with Gasteiger partial charge in [0.15, 0.2) is 11.5 Å². The van der Waals surface area contributed by atoms with E-state index in [1.165, 1.54) is 4.88 Å². The summed E-state index contributed by atoms with van der Waals surface area (Å²) >= 11 is 1.69. The minimum atomic E-state index is 0.728. The third kappa shape index (κ3) is 2.94. The minimum absolute atomic E-state index is 0.728. The summed E-state index contributed by atoms with van der Waals surface area (Å²) in [6.45, 7) is 5.95. The summed E-state index contributed by atoms with van der Waals surface area (Å²) in [4.78, 5) is 5.92. The Kier molecular flexibility index (Phi) is 4.98. The van der Waals surface area contributed by atoms with Crippen LogP contribution in [0, 0.1) is 6.92 Å². The first-order valence-electron chi connectivity index (χ1n) is 6.59. The Morgan fingerprint density at radius 1 is 1.25 bits per heavy atom. The molecule has 0 saturated carbocycles. The van der Waals surface area contributed by atoms with E-state index in [-0.39, 0.29) is 0 Å². The Balaban J connectivity index is 2.41. The van der Waals surface area contributed by atoms with Crippen LogP contribution >= 0.6 is 11.3 Å². The Bertz CT molecular complexity index is 581. The second kappa shape index (κ2) is 6.72. The summed E-state index contributed by atoms with van der Waals surface area (Å²) in [5.74, 6) is 1.46. The number of hydrogen-bond donors (Lipinski definition) is 1. The molecule has 1 aromatic heterocycles. The van der Waals surface area contributed by atoms with Crippen LogP contribution in [0.1, 0.15) is 17.5 Å². The van der Waals surface area contributed by atoms with Crippen LogP contribution in [0.5, 0.6) is 11.5 Å². The van der Waals surface area contributed by atoms with Crippen molar-refractivity contribution in [1.29, 1.82) is 0 Å². The van der Waals surface area contributed by atoms with Crippen LogP contribution in [0.2, 0.25) is 0 Å². The molecule has 0 amide bonds. The van der Waals surface area contributed by atoms with Crippen molar-refractivity contribution < 1.29 is 9.47 Å². The number of ether oxygens (including phenoxy) is 2. The average molecular weight is 292 g/mol. The zero-order valence-corrected chi connectivity index (χ0v) is 13.1. The van der Waals surface area contributed by atoms with Crippen molar-refractivity contribution in [2.24, 2.45) is 0 Å². The Hall–Kier alpha value is -1.59. The lowest BCUT2D eigenvalue weighted by molar-refractivity contribution is 0.356. The molecule has 4 nitrogen and oxygen atoms in total. The van der Waals surface area contributed by atoms with E-state index in [0.717, 1.165) is 40.9 Å². The molecule has 20 heavy (non-hydrogen) atoms. The molecule has 0 atom stereocenters. The van der Waals surface area contributed by atoms with Gasteiger partial charge in [-0.1, -0.05) is 13.0 Å². The van der Waals surface area contributed by atoms with Crippen molar-refractivity contribution in [3.63, 3.8) is 0 Å². The third-order valence-electron chi connectivity index (χ3n) is 3.06. The van der Waals surface area contributed by atoms with Crippen LogP contribution in [0.3, 0.4) is 0 Å². The lowest BCUT2D eigenvalue weighted by atomic mass is 10.2. The van der Waals surface area contributed by atoms with E-state index >= 15 is 0 Å². The first-order chi connectivity index (χ1) is 9.71. The molecule has 1 heterocycles. The molecule has 0 bridgehead atoms. The molecule has 1 N–H and O–H groups in total. The van der Waals surface area contributed by atoms with E-state index in [9.17, 15) is 0 Å². The van der Waals surface area contributed by atoms with E-state index in [0.29, 0.717) is 0 Å². The second-order valence-electron chi connectivity index (χ2n) is 4.35. The number of aryl methyl sites for hydroxylation is 1. The van der Waals surface area contributed by atoms with Gasteiger partial charge in [0, 0.05) is 11.4 Å². The van der Waals surface area contributed by atoms with Crippen LogP contribution in [0.4, 0.5) is 0 Å². The Morgan fingerprint density at radius 2 is 2.05 bits per heavy atom. The first kappa shape index (κ1) is 14.8. The minimum Gasteiger partial charge on any atom is -0.493 e. The molecule has 2 aromatic rings. The molecule has 0 aliphatic carbocycles. The number of aromatic nitrogens is 1. The van der Waals surface area contributed by atoms with Crippen LogP contribution in [-0.4, -0.2) is 25.7 Å². The standard InChI is InChI=1S/C15H20N2O2S/c1-5-16-9-13-10(2)17-15(20-13)11-7-6-8-12(18-3)14(11)19-4/h6-8,16H,5,9H2,1-4H3. The molecule has 1 aromatic carbocycles. The van der Waals surface area contributed by atoms with Gasteiger partial charge in [0.1, 0.15) is 5.01 Å². The summed E-state index contributed by atoms with van der Waals surface area (Å²) < 4.78 is 10.8. The molecular weight excluding hydrogens is 272 g/mol. The third-order valence-corrected chi connectivity index (χ3v) is 4.25. The summed E-state index contributed by atoms with van der Waals surface area (Å²) in [6.07, 6.45) is 0. The summed E-state index contributed by atoms with van der Waals surface area (Å²) in [5, 5.41) is 4.30. The quantitative estimate of drug-likeness (QED) is 0.887. The normalized spacial score (nSPS) is 10.6. The molecule has 0 fully saturated rings. The fraction of sp³-hybridized carbons (Fsp3) is 0.400. The van der Waals surface area contributed by atoms with Crippen molar-refractivity contribution in [2.75, 3.05) is 20.8 Å². The predicted molar refractivity (Wildman–Crippen MR) is 82.8 cm³/mol. The van der Waals surface area contributed by atoms with Gasteiger partial charge in [-0.25, -0.2) is 4.98 Å². The van der Waals surface area contributed by atoms with E-state index in [1.807, 2.05) is 25.1 Å². The fourth-order valence-electron chi connectivity index (χ4n) is 2.00. The van der Waals surface area contributed by atoms with Crippen LogP contribution < -0.4 is 14.8 Å². The lowest BCUT2D eigenvalue weighted by Gasteiger charge is -2.10. The van der Waals surface area contributed by atoms with E-state index in [4.69, 9.17) is 9.47 Å². The Morgan fingerprint density at radius 3 is 2.70 bits per heavy atom. The van der Waals surface area contributed by atoms with Crippen LogP contribution in [-0.2, 0) is 6.54 Å². The number of nitrogens with one attached hydrogen (secondary N) is 1. The van der Waals surface area contributed by atoms with E-state index < -0.39 is 0 Å². The van der Waals surface area contributed by atoms with Gasteiger partial charge in [-0.05, 0) is 25.6 Å². The summed E-state index contributed by atoms with van der Waals surface area (Å²) in [7, 11) is 3.30. The molecule has 2 rings (SSSR count). The summed E-state index contributed by atoms with van der Waals surface area (Å²) in [5.41, 5.74) is 2.04. The fourth-order valence-corrected chi connectivity index (χ4v) is 3.06. The molecule has 0 unspecified atom stereocenters. The van der Waals surface area contributed by atoms with E-state index in [1.54, 1.807) is 25.6 Å². The lowest BCUT2D eigenvalue weighted by Crippen LogP contribution is -2.11. The van der Waals surface area contributed by atoms with Gasteiger partial charge >= 0.3 is 0 Å². The van der Waals surface area contributed by atoms with Gasteiger partial charge in [-0.3, -0.25) is 0 Å². The largest absolute Gasteiger partial charge is 0.493 e. The number of nitrogens with zero attached hydrogens (tertiary/aromatic N) is 1. The van der Waals surface area contributed by atoms with Crippen LogP contribution in [0.25, 0.3) is 10.6 Å². The zero-order valence-electron chi connectivity index (χ0n) is 12.3. The van der Waals surface area contributed by atoms with Gasteiger partial charge in [0.2, 0.25) is 0 Å². The highest BCUT2D eigenvalue weighted by Crippen LogP contribution is 2.40. The topological polar surface area (TPSA) is 43.4 Å².